The van der Waals surface area contributed by atoms with E-state index >= 15 is 0 Å². The summed E-state index contributed by atoms with van der Waals surface area (Å²) >= 11 is 0. The van der Waals surface area contributed by atoms with Crippen molar-refractivity contribution in [3.63, 3.8) is 0 Å². The Bertz CT molecular complexity index is 884. The van der Waals surface area contributed by atoms with Crippen LogP contribution in [0.4, 0.5) is 0 Å². The first-order valence-electron chi connectivity index (χ1n) is 8.54. The van der Waals surface area contributed by atoms with Crippen LogP contribution in [0.5, 0.6) is 0 Å². The van der Waals surface area contributed by atoms with Gasteiger partial charge in [-0.05, 0) is 43.5 Å². The number of amides is 1. The second-order valence-electron chi connectivity index (χ2n) is 6.55. The maximum absolute atomic E-state index is 12.9. The Morgan fingerprint density at radius 3 is 2.16 bits per heavy atom. The van der Waals surface area contributed by atoms with E-state index in [1.54, 1.807) is 0 Å². The third kappa shape index (κ3) is 3.97. The molecule has 0 aliphatic carbocycles. The summed E-state index contributed by atoms with van der Waals surface area (Å²) in [6.07, 6.45) is 0. The Labute approximate surface area is 149 Å². The molecule has 2 nitrogen and oxygen atoms in total. The summed E-state index contributed by atoms with van der Waals surface area (Å²) in [6.45, 7) is 6.04. The summed E-state index contributed by atoms with van der Waals surface area (Å²) in [5, 5.41) is 3.22. The van der Waals surface area contributed by atoms with Crippen LogP contribution in [0, 0.1) is 20.8 Å². The first-order chi connectivity index (χ1) is 12.0. The van der Waals surface area contributed by atoms with Crippen molar-refractivity contribution in [3.05, 3.63) is 106 Å². The zero-order valence-electron chi connectivity index (χ0n) is 14.9. The number of rotatable bonds is 4. The van der Waals surface area contributed by atoms with Crippen molar-refractivity contribution in [1.82, 2.24) is 5.32 Å². The van der Waals surface area contributed by atoms with Gasteiger partial charge >= 0.3 is 0 Å². The fourth-order valence-electron chi connectivity index (χ4n) is 3.04. The van der Waals surface area contributed by atoms with Crippen LogP contribution in [0.15, 0.2) is 72.8 Å². The molecular weight excluding hydrogens is 306 g/mol. The highest BCUT2D eigenvalue weighted by molar-refractivity contribution is 5.96. The number of carbonyl (C=O) groups is 1. The number of nitrogens with one attached hydrogen (secondary N) is 1. The smallest absolute Gasteiger partial charge is 0.252 e. The SMILES string of the molecule is Cc1cccc([C@H](NC(=O)c2cc(C)ccc2C)c2ccccc2)c1. The topological polar surface area (TPSA) is 29.1 Å². The summed E-state index contributed by atoms with van der Waals surface area (Å²) in [4.78, 5) is 12.9. The molecule has 0 aliphatic rings. The van der Waals surface area contributed by atoms with Gasteiger partial charge in [0.15, 0.2) is 0 Å². The molecule has 1 amide bonds. The van der Waals surface area contributed by atoms with E-state index in [1.165, 1.54) is 5.56 Å². The first kappa shape index (κ1) is 17.0. The van der Waals surface area contributed by atoms with Gasteiger partial charge in [-0.25, -0.2) is 0 Å². The van der Waals surface area contributed by atoms with Crippen molar-refractivity contribution in [2.24, 2.45) is 0 Å². The van der Waals surface area contributed by atoms with Crippen LogP contribution in [0.2, 0.25) is 0 Å². The number of carbonyl (C=O) groups excluding carboxylic acids is 1. The van der Waals surface area contributed by atoms with Crippen LogP contribution >= 0.6 is 0 Å². The van der Waals surface area contributed by atoms with E-state index in [1.807, 2.05) is 56.3 Å². The normalized spacial score (nSPS) is 11.8. The third-order valence-corrected chi connectivity index (χ3v) is 4.42. The monoisotopic (exact) mass is 329 g/mol. The van der Waals surface area contributed by atoms with E-state index < -0.39 is 0 Å². The lowest BCUT2D eigenvalue weighted by molar-refractivity contribution is 0.0942. The molecule has 0 unspecified atom stereocenters. The van der Waals surface area contributed by atoms with Crippen molar-refractivity contribution < 1.29 is 4.79 Å². The summed E-state index contributed by atoms with van der Waals surface area (Å²) in [7, 11) is 0. The van der Waals surface area contributed by atoms with E-state index in [4.69, 9.17) is 0 Å². The van der Waals surface area contributed by atoms with Crippen LogP contribution in [0.1, 0.15) is 44.2 Å². The van der Waals surface area contributed by atoms with E-state index in [-0.39, 0.29) is 11.9 Å². The van der Waals surface area contributed by atoms with Crippen LogP contribution in [-0.2, 0) is 0 Å². The highest BCUT2D eigenvalue weighted by Crippen LogP contribution is 2.24. The van der Waals surface area contributed by atoms with Gasteiger partial charge in [-0.2, -0.15) is 0 Å². The van der Waals surface area contributed by atoms with Gasteiger partial charge in [0.2, 0.25) is 0 Å². The predicted molar refractivity (Wildman–Crippen MR) is 103 cm³/mol. The Balaban J connectivity index is 1.98. The molecule has 0 aliphatic heterocycles. The fourth-order valence-corrected chi connectivity index (χ4v) is 3.04. The Morgan fingerprint density at radius 1 is 0.760 bits per heavy atom. The van der Waals surface area contributed by atoms with E-state index in [2.05, 4.69) is 42.6 Å². The third-order valence-electron chi connectivity index (χ3n) is 4.42. The lowest BCUT2D eigenvalue weighted by Gasteiger charge is -2.21. The molecule has 3 rings (SSSR count). The number of hydrogen-bond donors (Lipinski definition) is 1. The van der Waals surface area contributed by atoms with Gasteiger partial charge < -0.3 is 5.32 Å². The molecule has 126 valence electrons. The summed E-state index contributed by atoms with van der Waals surface area (Å²) < 4.78 is 0. The van der Waals surface area contributed by atoms with E-state index in [0.717, 1.165) is 27.8 Å². The highest BCUT2D eigenvalue weighted by atomic mass is 16.1. The first-order valence-corrected chi connectivity index (χ1v) is 8.54. The molecule has 0 spiro atoms. The Hall–Kier alpha value is -2.87. The van der Waals surface area contributed by atoms with Gasteiger partial charge in [-0.3, -0.25) is 4.79 Å². The molecule has 0 fully saturated rings. The second kappa shape index (κ2) is 7.35. The minimum atomic E-state index is -0.173. The zero-order valence-corrected chi connectivity index (χ0v) is 14.9. The molecule has 0 aromatic heterocycles. The summed E-state index contributed by atoms with van der Waals surface area (Å²) in [5.74, 6) is -0.0449. The van der Waals surface area contributed by atoms with Crippen molar-refractivity contribution in [1.29, 1.82) is 0 Å². The molecule has 0 bridgehead atoms. The van der Waals surface area contributed by atoms with Crippen LogP contribution in [0.3, 0.4) is 0 Å². The fraction of sp³-hybridized carbons (Fsp3) is 0.174. The summed E-state index contributed by atoms with van der Waals surface area (Å²) in [5.41, 5.74) is 6.14. The van der Waals surface area contributed by atoms with E-state index in [9.17, 15) is 4.79 Å². The molecule has 0 saturated heterocycles. The van der Waals surface area contributed by atoms with Crippen molar-refractivity contribution >= 4 is 5.91 Å². The van der Waals surface area contributed by atoms with Crippen molar-refractivity contribution in [2.45, 2.75) is 26.8 Å². The second-order valence-corrected chi connectivity index (χ2v) is 6.55. The molecule has 0 saturated carbocycles. The van der Waals surface area contributed by atoms with Gasteiger partial charge in [0, 0.05) is 5.56 Å². The van der Waals surface area contributed by atoms with Gasteiger partial charge in [-0.15, -0.1) is 0 Å². The molecule has 3 aromatic rings. The van der Waals surface area contributed by atoms with Crippen LogP contribution in [0.25, 0.3) is 0 Å². The molecule has 0 radical (unpaired) electrons. The highest BCUT2D eigenvalue weighted by Gasteiger charge is 2.19. The Kier molecular flexibility index (Phi) is 4.99. The molecular formula is C23H23NO. The maximum atomic E-state index is 12.9. The lowest BCUT2D eigenvalue weighted by atomic mass is 9.96. The van der Waals surface area contributed by atoms with Gasteiger partial charge in [0.25, 0.3) is 5.91 Å². The molecule has 1 N–H and O–H groups in total. The van der Waals surface area contributed by atoms with Gasteiger partial charge in [0.05, 0.1) is 6.04 Å². The molecule has 0 heterocycles. The van der Waals surface area contributed by atoms with Gasteiger partial charge in [-0.1, -0.05) is 77.9 Å². The number of hydrogen-bond acceptors (Lipinski definition) is 1. The average molecular weight is 329 g/mol. The predicted octanol–water partition coefficient (Wildman–Crippen LogP) is 5.13. The van der Waals surface area contributed by atoms with Gasteiger partial charge in [0.1, 0.15) is 0 Å². The minimum Gasteiger partial charge on any atom is -0.341 e. The molecule has 25 heavy (non-hydrogen) atoms. The van der Waals surface area contributed by atoms with Crippen LogP contribution < -0.4 is 5.32 Å². The molecule has 3 aromatic carbocycles. The molecule has 1 atom stereocenters. The standard InChI is InChI=1S/C23H23NO/c1-16-8-7-11-20(14-16)22(19-9-5-4-6-10-19)24-23(25)21-15-17(2)12-13-18(21)3/h4-15,22H,1-3H3,(H,24,25)/t22-/m1/s1. The van der Waals surface area contributed by atoms with Crippen molar-refractivity contribution in [3.8, 4) is 0 Å². The minimum absolute atomic E-state index is 0.0449. The van der Waals surface area contributed by atoms with Crippen LogP contribution in [-0.4, -0.2) is 5.91 Å². The number of benzene rings is 3. The maximum Gasteiger partial charge on any atom is 0.252 e. The van der Waals surface area contributed by atoms with E-state index in [0.29, 0.717) is 0 Å². The quantitative estimate of drug-likeness (QED) is 0.706. The summed E-state index contributed by atoms with van der Waals surface area (Å²) in [6, 6.07) is 24.2. The largest absolute Gasteiger partial charge is 0.341 e. The average Bonchev–Trinajstić information content (AvgIpc) is 2.62. The van der Waals surface area contributed by atoms with Crippen molar-refractivity contribution in [2.75, 3.05) is 0 Å². The zero-order chi connectivity index (χ0) is 17.8. The molecule has 2 heteroatoms. The Morgan fingerprint density at radius 2 is 1.44 bits per heavy atom. The lowest BCUT2D eigenvalue weighted by Crippen LogP contribution is -2.30. The number of aryl methyl sites for hydroxylation is 3.